The Morgan fingerprint density at radius 3 is 2.42 bits per heavy atom. The van der Waals surface area contributed by atoms with Gasteiger partial charge in [0.1, 0.15) is 0 Å². The van der Waals surface area contributed by atoms with Crippen LogP contribution in [0.4, 0.5) is 0 Å². The number of aromatic nitrogens is 1. The normalized spacial score (nSPS) is 20.5. The molecule has 102 valence electrons. The molecule has 0 unspecified atom stereocenters. The van der Waals surface area contributed by atoms with Gasteiger partial charge in [-0.25, -0.2) is 0 Å². The van der Waals surface area contributed by atoms with Crippen molar-refractivity contribution in [1.29, 1.82) is 0 Å². The second-order valence-corrected chi connectivity index (χ2v) is 5.82. The summed E-state index contributed by atoms with van der Waals surface area (Å²) in [7, 11) is -0.516. The van der Waals surface area contributed by atoms with Gasteiger partial charge in [0.25, 0.3) is 0 Å². The first kappa shape index (κ1) is 14.0. The maximum atomic E-state index is 10.9. The molecule has 0 bridgehead atoms. The topological polar surface area (TPSA) is 74.4 Å². The predicted octanol–water partition coefficient (Wildman–Crippen LogP) is 0.409. The third-order valence-corrected chi connectivity index (χ3v) is 3.72. The number of amides is 1. The molecule has 2 heterocycles. The SMILES string of the molecule is CC1(C)OB(c2cc(CC(N)=O)ccn2)OC1(C)C. The molecule has 0 spiro atoms. The van der Waals surface area contributed by atoms with Crippen molar-refractivity contribution in [3.8, 4) is 0 Å². The lowest BCUT2D eigenvalue weighted by Gasteiger charge is -2.32. The Labute approximate surface area is 113 Å². The lowest BCUT2D eigenvalue weighted by molar-refractivity contribution is -0.117. The standard InChI is InChI=1S/C13H19BN2O3/c1-12(2)13(3,4)19-14(18-12)10-7-9(5-6-16-10)8-11(15)17/h5-7H,8H2,1-4H3,(H2,15,17). The highest BCUT2D eigenvalue weighted by Gasteiger charge is 2.52. The van der Waals surface area contributed by atoms with Gasteiger partial charge in [0, 0.05) is 6.20 Å². The molecular weight excluding hydrogens is 243 g/mol. The molecule has 1 fully saturated rings. The number of rotatable bonds is 3. The molecule has 1 aliphatic heterocycles. The molecule has 0 aromatic carbocycles. The van der Waals surface area contributed by atoms with Crippen molar-refractivity contribution in [1.82, 2.24) is 4.98 Å². The van der Waals surface area contributed by atoms with Gasteiger partial charge in [-0.15, -0.1) is 0 Å². The Hall–Kier alpha value is -1.40. The van der Waals surface area contributed by atoms with Crippen LogP contribution in [0.3, 0.4) is 0 Å². The smallest absolute Gasteiger partial charge is 0.398 e. The van der Waals surface area contributed by atoms with Crippen LogP contribution in [-0.4, -0.2) is 29.2 Å². The summed E-state index contributed by atoms with van der Waals surface area (Å²) in [4.78, 5) is 15.2. The first-order chi connectivity index (χ1) is 8.71. The molecule has 5 nitrogen and oxygen atoms in total. The van der Waals surface area contributed by atoms with E-state index >= 15 is 0 Å². The summed E-state index contributed by atoms with van der Waals surface area (Å²) in [6, 6.07) is 3.56. The number of nitrogens with zero attached hydrogens (tertiary/aromatic N) is 1. The third kappa shape index (κ3) is 2.79. The molecular formula is C13H19BN2O3. The minimum Gasteiger partial charge on any atom is -0.398 e. The summed E-state index contributed by atoms with van der Waals surface area (Å²) >= 11 is 0. The zero-order valence-electron chi connectivity index (χ0n) is 11.8. The van der Waals surface area contributed by atoms with E-state index in [1.54, 1.807) is 18.3 Å². The first-order valence-electron chi connectivity index (χ1n) is 6.30. The molecule has 1 aromatic heterocycles. The van der Waals surface area contributed by atoms with Gasteiger partial charge in [-0.2, -0.15) is 0 Å². The van der Waals surface area contributed by atoms with E-state index in [1.807, 2.05) is 27.7 Å². The zero-order chi connectivity index (χ0) is 14.3. The Balaban J connectivity index is 2.22. The highest BCUT2D eigenvalue weighted by Crippen LogP contribution is 2.36. The Bertz CT molecular complexity index is 486. The average Bonchev–Trinajstić information content (AvgIpc) is 2.47. The second-order valence-electron chi connectivity index (χ2n) is 5.82. The van der Waals surface area contributed by atoms with Crippen molar-refractivity contribution in [3.05, 3.63) is 23.9 Å². The maximum Gasteiger partial charge on any atom is 0.514 e. The van der Waals surface area contributed by atoms with Crippen LogP contribution in [0, 0.1) is 0 Å². The fourth-order valence-electron chi connectivity index (χ4n) is 1.90. The van der Waals surface area contributed by atoms with Crippen LogP contribution in [0.25, 0.3) is 0 Å². The minimum atomic E-state index is -0.516. The molecule has 1 aliphatic rings. The highest BCUT2D eigenvalue weighted by molar-refractivity contribution is 6.61. The fourth-order valence-corrected chi connectivity index (χ4v) is 1.90. The molecule has 2 N–H and O–H groups in total. The average molecular weight is 262 g/mol. The van der Waals surface area contributed by atoms with Crippen LogP contribution in [0.1, 0.15) is 33.3 Å². The van der Waals surface area contributed by atoms with Crippen molar-refractivity contribution in [3.63, 3.8) is 0 Å². The van der Waals surface area contributed by atoms with Crippen molar-refractivity contribution < 1.29 is 14.1 Å². The maximum absolute atomic E-state index is 10.9. The van der Waals surface area contributed by atoms with E-state index in [0.29, 0.717) is 5.59 Å². The molecule has 2 rings (SSSR count). The molecule has 1 aromatic rings. The Kier molecular flexibility index (Phi) is 3.41. The van der Waals surface area contributed by atoms with E-state index in [4.69, 9.17) is 15.0 Å². The van der Waals surface area contributed by atoms with E-state index in [9.17, 15) is 4.79 Å². The largest absolute Gasteiger partial charge is 0.514 e. The van der Waals surface area contributed by atoms with Crippen molar-refractivity contribution >= 4 is 18.6 Å². The number of pyridine rings is 1. The Morgan fingerprint density at radius 1 is 1.32 bits per heavy atom. The summed E-state index contributed by atoms with van der Waals surface area (Å²) in [5.41, 5.74) is 5.86. The van der Waals surface area contributed by atoms with Crippen LogP contribution >= 0.6 is 0 Å². The van der Waals surface area contributed by atoms with Gasteiger partial charge in [-0.3, -0.25) is 9.78 Å². The van der Waals surface area contributed by atoms with Gasteiger partial charge in [0.15, 0.2) is 0 Å². The number of carbonyl (C=O) groups is 1. The highest BCUT2D eigenvalue weighted by atomic mass is 16.7. The second kappa shape index (κ2) is 4.61. The van der Waals surface area contributed by atoms with Gasteiger partial charge in [-0.05, 0) is 45.4 Å². The van der Waals surface area contributed by atoms with E-state index in [2.05, 4.69) is 4.98 Å². The number of carbonyl (C=O) groups excluding carboxylic acids is 1. The Morgan fingerprint density at radius 2 is 1.89 bits per heavy atom. The number of hydrogen-bond acceptors (Lipinski definition) is 4. The van der Waals surface area contributed by atoms with E-state index in [0.717, 1.165) is 5.56 Å². The van der Waals surface area contributed by atoms with Crippen molar-refractivity contribution in [2.24, 2.45) is 5.73 Å². The fraction of sp³-hybridized carbons (Fsp3) is 0.538. The molecule has 1 saturated heterocycles. The van der Waals surface area contributed by atoms with Crippen molar-refractivity contribution in [2.75, 3.05) is 0 Å². The van der Waals surface area contributed by atoms with Crippen LogP contribution < -0.4 is 11.3 Å². The molecule has 0 radical (unpaired) electrons. The zero-order valence-corrected chi connectivity index (χ0v) is 11.8. The summed E-state index contributed by atoms with van der Waals surface area (Å²) in [5, 5.41) is 0. The molecule has 1 amide bonds. The van der Waals surface area contributed by atoms with Crippen LogP contribution in [0.2, 0.25) is 0 Å². The van der Waals surface area contributed by atoms with Crippen molar-refractivity contribution in [2.45, 2.75) is 45.3 Å². The monoisotopic (exact) mass is 262 g/mol. The van der Waals surface area contributed by atoms with Gasteiger partial charge in [0.05, 0.1) is 23.2 Å². The van der Waals surface area contributed by atoms with E-state index in [1.165, 1.54) is 0 Å². The van der Waals surface area contributed by atoms with Gasteiger partial charge in [0.2, 0.25) is 5.91 Å². The molecule has 6 heteroatoms. The third-order valence-electron chi connectivity index (χ3n) is 3.72. The molecule has 0 saturated carbocycles. The number of primary amides is 1. The lowest BCUT2D eigenvalue weighted by atomic mass is 9.83. The van der Waals surface area contributed by atoms with E-state index in [-0.39, 0.29) is 12.3 Å². The minimum absolute atomic E-state index is 0.190. The molecule has 19 heavy (non-hydrogen) atoms. The van der Waals surface area contributed by atoms with Gasteiger partial charge < -0.3 is 15.0 Å². The van der Waals surface area contributed by atoms with Crippen LogP contribution in [-0.2, 0) is 20.5 Å². The summed E-state index contributed by atoms with van der Waals surface area (Å²) in [5.74, 6) is -0.369. The summed E-state index contributed by atoms with van der Waals surface area (Å²) in [6.07, 6.45) is 1.83. The number of nitrogens with two attached hydrogens (primary N) is 1. The molecule has 0 atom stereocenters. The number of hydrogen-bond donors (Lipinski definition) is 1. The van der Waals surface area contributed by atoms with E-state index < -0.39 is 18.3 Å². The van der Waals surface area contributed by atoms with Gasteiger partial charge >= 0.3 is 7.12 Å². The summed E-state index contributed by atoms with van der Waals surface area (Å²) < 4.78 is 11.8. The van der Waals surface area contributed by atoms with Crippen LogP contribution in [0.5, 0.6) is 0 Å². The molecule has 0 aliphatic carbocycles. The van der Waals surface area contributed by atoms with Crippen LogP contribution in [0.15, 0.2) is 18.3 Å². The predicted molar refractivity (Wildman–Crippen MR) is 72.9 cm³/mol. The summed E-state index contributed by atoms with van der Waals surface area (Å²) in [6.45, 7) is 7.95. The quantitative estimate of drug-likeness (QED) is 0.800. The van der Waals surface area contributed by atoms with Gasteiger partial charge in [-0.1, -0.05) is 0 Å². The lowest BCUT2D eigenvalue weighted by Crippen LogP contribution is -2.41. The first-order valence-corrected chi connectivity index (χ1v) is 6.30.